The third-order valence-electron chi connectivity index (χ3n) is 2.00. The van der Waals surface area contributed by atoms with Gasteiger partial charge < -0.3 is 16.4 Å². The van der Waals surface area contributed by atoms with Gasteiger partial charge in [-0.2, -0.15) is 0 Å². The number of carbonyl (C=O) groups is 2. The summed E-state index contributed by atoms with van der Waals surface area (Å²) >= 11 is 0. The molecule has 0 unspecified atom stereocenters. The van der Waals surface area contributed by atoms with Crippen molar-refractivity contribution >= 4 is 17.5 Å². The molecule has 2 amide bonds. The average Bonchev–Trinajstić information content (AvgIpc) is 2.27. The summed E-state index contributed by atoms with van der Waals surface area (Å²) in [7, 11) is 0. The van der Waals surface area contributed by atoms with Crippen molar-refractivity contribution in [2.45, 2.75) is 6.92 Å². The monoisotopic (exact) mass is 221 g/mol. The summed E-state index contributed by atoms with van der Waals surface area (Å²) in [5, 5.41) is 5.60. The summed E-state index contributed by atoms with van der Waals surface area (Å²) in [6.45, 7) is 2.68. The van der Waals surface area contributed by atoms with Gasteiger partial charge in [-0.3, -0.25) is 9.59 Å². The number of anilines is 1. The molecule has 0 atom stereocenters. The van der Waals surface area contributed by atoms with E-state index in [2.05, 4.69) is 10.6 Å². The lowest BCUT2D eigenvalue weighted by molar-refractivity contribution is -0.119. The number of rotatable bonds is 5. The fourth-order valence-corrected chi connectivity index (χ4v) is 1.19. The van der Waals surface area contributed by atoms with Crippen LogP contribution in [0.3, 0.4) is 0 Å². The second-order valence-corrected chi connectivity index (χ2v) is 3.25. The predicted molar refractivity (Wildman–Crippen MR) is 62.1 cm³/mol. The van der Waals surface area contributed by atoms with Crippen LogP contribution in [0.15, 0.2) is 24.3 Å². The lowest BCUT2D eigenvalue weighted by Crippen LogP contribution is -2.29. The van der Waals surface area contributed by atoms with Gasteiger partial charge in [0, 0.05) is 17.8 Å². The third-order valence-corrected chi connectivity index (χ3v) is 2.00. The molecule has 0 spiro atoms. The van der Waals surface area contributed by atoms with Crippen LogP contribution in [0.25, 0.3) is 0 Å². The lowest BCUT2D eigenvalue weighted by atomic mass is 10.2. The van der Waals surface area contributed by atoms with E-state index in [-0.39, 0.29) is 12.5 Å². The molecule has 1 rings (SSSR count). The standard InChI is InChI=1S/C11H15N3O2/c1-2-13-10(15)7-14-9-5-3-8(4-6-9)11(12)16/h3-6,14H,2,7H2,1H3,(H2,12,16)(H,13,15). The van der Waals surface area contributed by atoms with Crippen LogP contribution in [0.2, 0.25) is 0 Å². The van der Waals surface area contributed by atoms with Gasteiger partial charge in [-0.05, 0) is 31.2 Å². The van der Waals surface area contributed by atoms with Crippen molar-refractivity contribution < 1.29 is 9.59 Å². The number of hydrogen-bond acceptors (Lipinski definition) is 3. The second kappa shape index (κ2) is 5.75. The summed E-state index contributed by atoms with van der Waals surface area (Å²) in [4.78, 5) is 21.9. The molecule has 0 fully saturated rings. The smallest absolute Gasteiger partial charge is 0.248 e. The maximum absolute atomic E-state index is 11.1. The van der Waals surface area contributed by atoms with E-state index in [9.17, 15) is 9.59 Å². The Morgan fingerprint density at radius 3 is 2.38 bits per heavy atom. The molecular weight excluding hydrogens is 206 g/mol. The molecule has 0 aliphatic heterocycles. The van der Waals surface area contributed by atoms with Gasteiger partial charge in [0.15, 0.2) is 0 Å². The van der Waals surface area contributed by atoms with Crippen LogP contribution in [-0.2, 0) is 4.79 Å². The molecule has 5 nitrogen and oxygen atoms in total. The SMILES string of the molecule is CCNC(=O)CNc1ccc(C(N)=O)cc1. The highest BCUT2D eigenvalue weighted by Gasteiger charge is 2.01. The first-order valence-electron chi connectivity index (χ1n) is 5.04. The molecule has 0 saturated carbocycles. The van der Waals surface area contributed by atoms with Gasteiger partial charge in [-0.25, -0.2) is 0 Å². The second-order valence-electron chi connectivity index (χ2n) is 3.25. The molecule has 1 aromatic rings. The van der Waals surface area contributed by atoms with E-state index in [0.717, 1.165) is 5.69 Å². The minimum absolute atomic E-state index is 0.0681. The molecule has 0 bridgehead atoms. The predicted octanol–water partition coefficient (Wildman–Crippen LogP) is 0.334. The van der Waals surface area contributed by atoms with E-state index in [0.29, 0.717) is 12.1 Å². The van der Waals surface area contributed by atoms with Gasteiger partial charge in [0.2, 0.25) is 11.8 Å². The molecule has 4 N–H and O–H groups in total. The van der Waals surface area contributed by atoms with E-state index >= 15 is 0 Å². The van der Waals surface area contributed by atoms with Crippen LogP contribution in [0.1, 0.15) is 17.3 Å². The molecule has 16 heavy (non-hydrogen) atoms. The topological polar surface area (TPSA) is 84.2 Å². The number of carbonyl (C=O) groups excluding carboxylic acids is 2. The summed E-state index contributed by atoms with van der Waals surface area (Å²) in [6, 6.07) is 6.64. The molecule has 1 aromatic carbocycles. The maximum atomic E-state index is 11.1. The van der Waals surface area contributed by atoms with Crippen molar-refractivity contribution in [3.63, 3.8) is 0 Å². The fraction of sp³-hybridized carbons (Fsp3) is 0.273. The fourth-order valence-electron chi connectivity index (χ4n) is 1.19. The van der Waals surface area contributed by atoms with Crippen LogP contribution in [-0.4, -0.2) is 24.9 Å². The van der Waals surface area contributed by atoms with Crippen LogP contribution < -0.4 is 16.4 Å². The van der Waals surface area contributed by atoms with Crippen LogP contribution in [0, 0.1) is 0 Å². The molecular formula is C11H15N3O2. The Bertz CT molecular complexity index is 373. The Labute approximate surface area is 94.0 Å². The normalized spacial score (nSPS) is 9.56. The van der Waals surface area contributed by atoms with Crippen molar-refractivity contribution in [2.75, 3.05) is 18.4 Å². The highest BCUT2D eigenvalue weighted by Crippen LogP contribution is 2.08. The Kier molecular flexibility index (Phi) is 4.32. The number of benzene rings is 1. The maximum Gasteiger partial charge on any atom is 0.248 e. The summed E-state index contributed by atoms with van der Waals surface area (Å²) in [5.41, 5.74) is 6.32. The van der Waals surface area contributed by atoms with Gasteiger partial charge in [-0.1, -0.05) is 0 Å². The third kappa shape index (κ3) is 3.61. The van der Waals surface area contributed by atoms with E-state index in [1.165, 1.54) is 0 Å². The highest BCUT2D eigenvalue weighted by atomic mass is 16.2. The quantitative estimate of drug-likeness (QED) is 0.670. The van der Waals surface area contributed by atoms with Crippen molar-refractivity contribution in [3.8, 4) is 0 Å². The van der Waals surface area contributed by atoms with Gasteiger partial charge in [0.05, 0.1) is 6.54 Å². The van der Waals surface area contributed by atoms with Gasteiger partial charge in [0.1, 0.15) is 0 Å². The minimum atomic E-state index is -0.463. The van der Waals surface area contributed by atoms with Gasteiger partial charge in [0.25, 0.3) is 0 Å². The van der Waals surface area contributed by atoms with Crippen molar-refractivity contribution in [1.82, 2.24) is 5.32 Å². The van der Waals surface area contributed by atoms with Crippen molar-refractivity contribution in [3.05, 3.63) is 29.8 Å². The van der Waals surface area contributed by atoms with E-state index in [1.807, 2.05) is 6.92 Å². The molecule has 0 heterocycles. The molecule has 0 saturated heterocycles. The highest BCUT2D eigenvalue weighted by molar-refractivity contribution is 5.93. The van der Waals surface area contributed by atoms with E-state index < -0.39 is 5.91 Å². The Hall–Kier alpha value is -2.04. The summed E-state index contributed by atoms with van der Waals surface area (Å²) in [5.74, 6) is -0.531. The lowest BCUT2D eigenvalue weighted by Gasteiger charge is -2.06. The summed E-state index contributed by atoms with van der Waals surface area (Å²) < 4.78 is 0. The molecule has 0 aromatic heterocycles. The summed E-state index contributed by atoms with van der Waals surface area (Å²) in [6.07, 6.45) is 0. The zero-order chi connectivity index (χ0) is 12.0. The molecule has 5 heteroatoms. The van der Waals surface area contributed by atoms with Crippen LogP contribution in [0.5, 0.6) is 0 Å². The minimum Gasteiger partial charge on any atom is -0.376 e. The molecule has 0 aliphatic rings. The Morgan fingerprint density at radius 2 is 1.88 bits per heavy atom. The largest absolute Gasteiger partial charge is 0.376 e. The average molecular weight is 221 g/mol. The van der Waals surface area contributed by atoms with Crippen molar-refractivity contribution in [1.29, 1.82) is 0 Å². The number of nitrogens with two attached hydrogens (primary N) is 1. The zero-order valence-corrected chi connectivity index (χ0v) is 9.12. The Balaban J connectivity index is 2.49. The van der Waals surface area contributed by atoms with Gasteiger partial charge >= 0.3 is 0 Å². The van der Waals surface area contributed by atoms with E-state index in [1.54, 1.807) is 24.3 Å². The first-order valence-corrected chi connectivity index (χ1v) is 5.04. The first-order chi connectivity index (χ1) is 7.63. The van der Waals surface area contributed by atoms with Gasteiger partial charge in [-0.15, -0.1) is 0 Å². The van der Waals surface area contributed by atoms with Crippen LogP contribution in [0.4, 0.5) is 5.69 Å². The number of likely N-dealkylation sites (N-methyl/N-ethyl adjacent to an activating group) is 1. The molecule has 0 aliphatic carbocycles. The molecule has 86 valence electrons. The number of amides is 2. The number of nitrogens with one attached hydrogen (secondary N) is 2. The van der Waals surface area contributed by atoms with Crippen LogP contribution >= 0.6 is 0 Å². The number of primary amides is 1. The zero-order valence-electron chi connectivity index (χ0n) is 9.12. The molecule has 0 radical (unpaired) electrons. The number of hydrogen-bond donors (Lipinski definition) is 3. The first kappa shape index (κ1) is 12.0. The van der Waals surface area contributed by atoms with Crippen molar-refractivity contribution in [2.24, 2.45) is 5.73 Å². The van der Waals surface area contributed by atoms with E-state index in [4.69, 9.17) is 5.73 Å². The Morgan fingerprint density at radius 1 is 1.25 bits per heavy atom.